The predicted molar refractivity (Wildman–Crippen MR) is 180 cm³/mol. The minimum Gasteiger partial charge on any atom is -0.507 e. The van der Waals surface area contributed by atoms with Gasteiger partial charge in [-0.2, -0.15) is 0 Å². The van der Waals surface area contributed by atoms with Crippen molar-refractivity contribution in [1.82, 2.24) is 0 Å². The largest absolute Gasteiger partial charge is 0.507 e. The van der Waals surface area contributed by atoms with Crippen LogP contribution in [0, 0.1) is 0 Å². The molecule has 0 bridgehead atoms. The Balaban J connectivity index is 3.06. The average Bonchev–Trinajstić information content (AvgIpc) is 2.85. The lowest BCUT2D eigenvalue weighted by Gasteiger charge is -2.31. The fourth-order valence-corrected chi connectivity index (χ4v) is 9.95. The van der Waals surface area contributed by atoms with Crippen LogP contribution < -0.4 is 0 Å². The molecule has 0 aliphatic rings. The summed E-state index contributed by atoms with van der Waals surface area (Å²) in [4.78, 5) is 0. The second kappa shape index (κ2) is 18.3. The van der Waals surface area contributed by atoms with E-state index < -0.39 is 7.14 Å². The van der Waals surface area contributed by atoms with Gasteiger partial charge in [-0.15, -0.1) is 0 Å². The van der Waals surface area contributed by atoms with E-state index in [0.717, 1.165) is 41.9 Å². The summed E-state index contributed by atoms with van der Waals surface area (Å²) in [7, 11) is -2.49. The first-order valence-corrected chi connectivity index (χ1v) is 19.4. The van der Waals surface area contributed by atoms with Crippen molar-refractivity contribution in [3.05, 3.63) is 28.8 Å². The lowest BCUT2D eigenvalue weighted by molar-refractivity contribution is 0.423. The molecule has 0 saturated heterocycles. The van der Waals surface area contributed by atoms with Crippen molar-refractivity contribution in [2.45, 2.75) is 174 Å². The van der Waals surface area contributed by atoms with Gasteiger partial charge < -0.3 is 9.67 Å². The maximum Gasteiger partial charge on any atom is 0.123 e. The van der Waals surface area contributed by atoms with Crippen molar-refractivity contribution < 1.29 is 9.67 Å². The highest BCUT2D eigenvalue weighted by Gasteiger charge is 2.34. The summed E-state index contributed by atoms with van der Waals surface area (Å²) in [6.07, 6.45) is 21.9. The number of rotatable bonds is 20. The first-order valence-electron chi connectivity index (χ1n) is 16.4. The Morgan fingerprint density at radius 1 is 0.641 bits per heavy atom. The Labute approximate surface area is 252 Å². The minimum atomic E-state index is -2.49. The molecule has 1 unspecified atom stereocenters. The van der Waals surface area contributed by atoms with Crippen LogP contribution in [-0.2, 0) is 15.4 Å². The van der Waals surface area contributed by atoms with E-state index in [1.807, 2.05) is 0 Å². The summed E-state index contributed by atoms with van der Waals surface area (Å²) in [5.74, 6) is 0.402. The van der Waals surface area contributed by atoms with Crippen molar-refractivity contribution >= 4 is 23.1 Å². The highest BCUT2D eigenvalue weighted by molar-refractivity contribution is 9.10. The molecule has 1 N–H and O–H groups in total. The van der Waals surface area contributed by atoms with E-state index >= 15 is 0 Å². The van der Waals surface area contributed by atoms with Gasteiger partial charge in [0.25, 0.3) is 0 Å². The number of hydrogen-bond donors (Lipinski definition) is 1. The molecule has 1 aromatic carbocycles. The minimum absolute atomic E-state index is 0.151. The molecule has 0 aliphatic carbocycles. The normalized spacial score (nSPS) is 13.7. The number of alkyl halides is 1. The molecule has 4 heteroatoms. The van der Waals surface area contributed by atoms with Crippen LogP contribution in [0.1, 0.15) is 179 Å². The third kappa shape index (κ3) is 13.5. The van der Waals surface area contributed by atoms with Crippen LogP contribution >= 0.6 is 23.1 Å². The maximum absolute atomic E-state index is 14.8. The van der Waals surface area contributed by atoms with Gasteiger partial charge in [-0.1, -0.05) is 161 Å². The van der Waals surface area contributed by atoms with Gasteiger partial charge in [-0.3, -0.25) is 0 Å². The summed E-state index contributed by atoms with van der Waals surface area (Å²) in [5, 5.41) is 11.2. The molecule has 2 nitrogen and oxygen atoms in total. The van der Waals surface area contributed by atoms with Crippen molar-refractivity contribution in [2.24, 2.45) is 0 Å². The van der Waals surface area contributed by atoms with Crippen LogP contribution in [0.15, 0.2) is 12.1 Å². The van der Waals surface area contributed by atoms with Gasteiger partial charge in [0.15, 0.2) is 0 Å². The number of benzene rings is 1. The number of hydrogen-bond acceptors (Lipinski definition) is 2. The SMILES string of the molecule is CCCCCCCCCCP(=O)(CCCCCCCCCC)C(Br)c1cc(C(C)(C)C)c(O)c(C(C)(C)C)c1. The van der Waals surface area contributed by atoms with E-state index in [1.54, 1.807) is 0 Å². The Kier molecular flexibility index (Phi) is 17.3. The molecule has 0 amide bonds. The Bertz CT molecular complexity index is 790. The molecular weight excluding hydrogens is 563 g/mol. The molecule has 228 valence electrons. The smallest absolute Gasteiger partial charge is 0.123 e. The third-order valence-electron chi connectivity index (χ3n) is 8.22. The first-order chi connectivity index (χ1) is 18.3. The molecule has 0 saturated carbocycles. The standard InChI is InChI=1S/C35H64BrO2P/c1-9-11-13-15-17-19-21-23-25-39(38,26-24-22-20-18-16-14-12-10-2)33(36)29-27-30(34(3,4)5)32(37)31(28-29)35(6,7)8/h27-28,33,37H,9-26H2,1-8H3. The Hall–Kier alpha value is -0.270. The highest BCUT2D eigenvalue weighted by Crippen LogP contribution is 2.64. The molecule has 39 heavy (non-hydrogen) atoms. The number of phenols is 1. The lowest BCUT2D eigenvalue weighted by atomic mass is 9.78. The molecule has 0 spiro atoms. The second-order valence-electron chi connectivity index (χ2n) is 14.1. The van der Waals surface area contributed by atoms with Crippen molar-refractivity contribution in [3.63, 3.8) is 0 Å². The quantitative estimate of drug-likeness (QED) is 0.0887. The van der Waals surface area contributed by atoms with Crippen LogP contribution in [0.25, 0.3) is 0 Å². The fraction of sp³-hybridized carbons (Fsp3) is 0.829. The van der Waals surface area contributed by atoms with Gasteiger partial charge in [0, 0.05) is 12.3 Å². The second-order valence-corrected chi connectivity index (χ2v) is 19.1. The van der Waals surface area contributed by atoms with Crippen LogP contribution in [0.5, 0.6) is 5.75 Å². The molecular formula is C35H64BrO2P. The monoisotopic (exact) mass is 626 g/mol. The molecule has 1 rings (SSSR count). The van der Waals surface area contributed by atoms with Gasteiger partial charge in [0.1, 0.15) is 12.9 Å². The summed E-state index contributed by atoms with van der Waals surface area (Å²) < 4.78 is 14.6. The topological polar surface area (TPSA) is 37.3 Å². The lowest BCUT2D eigenvalue weighted by Crippen LogP contribution is -2.18. The molecule has 0 radical (unpaired) electrons. The highest BCUT2D eigenvalue weighted by atomic mass is 79.9. The van der Waals surface area contributed by atoms with Gasteiger partial charge in [-0.05, 0) is 52.5 Å². The van der Waals surface area contributed by atoms with E-state index in [9.17, 15) is 9.67 Å². The van der Waals surface area contributed by atoms with Crippen LogP contribution in [-0.4, -0.2) is 17.4 Å². The molecule has 0 fully saturated rings. The van der Waals surface area contributed by atoms with Crippen LogP contribution in [0.2, 0.25) is 0 Å². The summed E-state index contributed by atoms with van der Waals surface area (Å²) >= 11 is 4.01. The molecule has 0 heterocycles. The van der Waals surface area contributed by atoms with Gasteiger partial charge in [0.05, 0.1) is 4.57 Å². The fourth-order valence-electron chi connectivity index (χ4n) is 5.57. The zero-order chi connectivity index (χ0) is 29.5. The average molecular weight is 628 g/mol. The predicted octanol–water partition coefficient (Wildman–Crippen LogP) is 13.0. The first kappa shape index (κ1) is 36.8. The molecule has 0 aliphatic heterocycles. The zero-order valence-electron chi connectivity index (χ0n) is 27.1. The molecule has 1 aromatic rings. The van der Waals surface area contributed by atoms with Crippen molar-refractivity contribution in [1.29, 1.82) is 0 Å². The number of halogens is 1. The van der Waals surface area contributed by atoms with E-state index in [0.29, 0.717) is 5.75 Å². The molecule has 0 aromatic heterocycles. The Morgan fingerprint density at radius 2 is 0.949 bits per heavy atom. The number of unbranched alkanes of at least 4 members (excludes halogenated alkanes) is 14. The molecule has 1 atom stereocenters. The van der Waals surface area contributed by atoms with E-state index in [-0.39, 0.29) is 15.4 Å². The van der Waals surface area contributed by atoms with Gasteiger partial charge in [-0.25, -0.2) is 0 Å². The summed E-state index contributed by atoms with van der Waals surface area (Å²) in [6, 6.07) is 4.27. The van der Waals surface area contributed by atoms with E-state index in [2.05, 4.69) is 83.5 Å². The van der Waals surface area contributed by atoms with Crippen LogP contribution in [0.3, 0.4) is 0 Å². The van der Waals surface area contributed by atoms with E-state index in [4.69, 9.17) is 0 Å². The summed E-state index contributed by atoms with van der Waals surface area (Å²) in [6.45, 7) is 17.5. The summed E-state index contributed by atoms with van der Waals surface area (Å²) in [5.41, 5.74) is 2.63. The van der Waals surface area contributed by atoms with Crippen molar-refractivity contribution in [3.8, 4) is 5.75 Å². The van der Waals surface area contributed by atoms with Gasteiger partial charge >= 0.3 is 0 Å². The number of aromatic hydroxyl groups is 1. The zero-order valence-corrected chi connectivity index (χ0v) is 29.6. The number of phenolic OH excluding ortho intramolecular Hbond substituents is 1. The maximum atomic E-state index is 14.8. The van der Waals surface area contributed by atoms with E-state index in [1.165, 1.54) is 89.9 Å². The van der Waals surface area contributed by atoms with Gasteiger partial charge in [0.2, 0.25) is 0 Å². The third-order valence-corrected chi connectivity index (χ3v) is 14.3. The van der Waals surface area contributed by atoms with Crippen molar-refractivity contribution in [2.75, 3.05) is 12.3 Å². The Morgan fingerprint density at radius 3 is 1.26 bits per heavy atom. The van der Waals surface area contributed by atoms with Crippen LogP contribution in [0.4, 0.5) is 0 Å².